The number of allylic oxidation sites excluding steroid dienone is 1. The van der Waals surface area contributed by atoms with Gasteiger partial charge in [-0.2, -0.15) is 0 Å². The Bertz CT molecular complexity index is 192. The quantitative estimate of drug-likeness (QED) is 0.530. The van der Waals surface area contributed by atoms with Crippen LogP contribution in [0.5, 0.6) is 0 Å². The summed E-state index contributed by atoms with van der Waals surface area (Å²) in [5.41, 5.74) is 4.38. The Morgan fingerprint density at radius 1 is 1.64 bits per heavy atom. The smallest absolute Gasteiger partial charge is 0.0331 e. The number of rotatable bonds is 0. The highest BCUT2D eigenvalue weighted by Crippen LogP contribution is 2.28. The summed E-state index contributed by atoms with van der Waals surface area (Å²) < 4.78 is 0. The van der Waals surface area contributed by atoms with Crippen LogP contribution >= 0.6 is 0 Å². The maximum absolute atomic E-state index is 4.02. The second-order valence-corrected chi connectivity index (χ2v) is 3.49. The molecule has 1 aliphatic rings. The first-order valence-electron chi connectivity index (χ1n) is 3.88. The van der Waals surface area contributed by atoms with Crippen LogP contribution in [0.2, 0.25) is 0 Å². The Morgan fingerprint density at radius 2 is 2.27 bits per heavy atom. The van der Waals surface area contributed by atoms with Crippen LogP contribution in [0.25, 0.3) is 0 Å². The molecular weight excluding hydrogens is 136 g/mol. The van der Waals surface area contributed by atoms with Crippen molar-refractivity contribution >= 4 is 0 Å². The molecular formula is C9H16N2. The van der Waals surface area contributed by atoms with E-state index in [0.29, 0.717) is 0 Å². The molecule has 0 atom stereocenters. The highest BCUT2D eigenvalue weighted by Gasteiger charge is 2.22. The van der Waals surface area contributed by atoms with Gasteiger partial charge in [-0.25, -0.2) is 5.43 Å². The Kier molecular flexibility index (Phi) is 2.05. The number of hydrazine groups is 1. The summed E-state index contributed by atoms with van der Waals surface area (Å²) in [5.74, 6) is 0. The minimum atomic E-state index is 0.0816. The maximum atomic E-state index is 4.02. The Labute approximate surface area is 68.6 Å². The highest BCUT2D eigenvalue weighted by atomic mass is 15.5. The molecule has 2 nitrogen and oxygen atoms in total. The first-order chi connectivity index (χ1) is 5.04. The molecule has 0 saturated heterocycles. The second-order valence-electron chi connectivity index (χ2n) is 3.49. The molecule has 0 amide bonds. The van der Waals surface area contributed by atoms with E-state index in [1.807, 2.05) is 12.1 Å². The van der Waals surface area contributed by atoms with Gasteiger partial charge in [-0.15, -0.1) is 0 Å². The van der Waals surface area contributed by atoms with Crippen molar-refractivity contribution in [2.75, 3.05) is 13.6 Å². The normalized spacial score (nSPS) is 23.5. The minimum absolute atomic E-state index is 0.0816. The molecule has 1 aliphatic heterocycles. The monoisotopic (exact) mass is 152 g/mol. The van der Waals surface area contributed by atoms with Crippen LogP contribution in [0.15, 0.2) is 24.4 Å². The topological polar surface area (TPSA) is 15.3 Å². The van der Waals surface area contributed by atoms with Gasteiger partial charge in [-0.05, 0) is 0 Å². The van der Waals surface area contributed by atoms with Crippen LogP contribution in [-0.4, -0.2) is 18.6 Å². The Morgan fingerprint density at radius 3 is 2.91 bits per heavy atom. The molecule has 0 saturated carbocycles. The van der Waals surface area contributed by atoms with Gasteiger partial charge < -0.3 is 5.01 Å². The molecule has 2 heteroatoms. The van der Waals surface area contributed by atoms with Crippen LogP contribution in [0.4, 0.5) is 0 Å². The number of nitrogens with one attached hydrogen (secondary N) is 1. The summed E-state index contributed by atoms with van der Waals surface area (Å²) >= 11 is 0. The zero-order valence-electron chi connectivity index (χ0n) is 7.52. The van der Waals surface area contributed by atoms with Crippen molar-refractivity contribution in [1.82, 2.24) is 10.4 Å². The number of hydrogen-bond donors (Lipinski definition) is 1. The van der Waals surface area contributed by atoms with Gasteiger partial charge in [0.2, 0.25) is 0 Å². The zero-order chi connectivity index (χ0) is 8.48. The standard InChI is InChI=1S/C9H16N2/c1-8-9(2,3)6-5-7-10-11(8)4/h5-6,10H,1,7H2,2-4H3. The molecule has 0 radical (unpaired) electrons. The van der Waals surface area contributed by atoms with Crippen molar-refractivity contribution in [3.8, 4) is 0 Å². The van der Waals surface area contributed by atoms with E-state index in [1.165, 1.54) is 0 Å². The molecule has 0 bridgehead atoms. The number of nitrogens with zero attached hydrogens (tertiary/aromatic N) is 1. The SMILES string of the molecule is C=C1N(C)NCC=CC1(C)C. The van der Waals surface area contributed by atoms with E-state index >= 15 is 0 Å². The predicted octanol–water partition coefficient (Wildman–Crippen LogP) is 1.53. The maximum Gasteiger partial charge on any atom is 0.0331 e. The third-order valence-corrected chi connectivity index (χ3v) is 2.13. The summed E-state index contributed by atoms with van der Waals surface area (Å²) in [4.78, 5) is 0. The molecule has 1 N–H and O–H groups in total. The molecule has 0 aromatic heterocycles. The van der Waals surface area contributed by atoms with Crippen molar-refractivity contribution in [2.45, 2.75) is 13.8 Å². The molecule has 1 heterocycles. The summed E-state index contributed by atoms with van der Waals surface area (Å²) in [5, 5.41) is 1.99. The lowest BCUT2D eigenvalue weighted by Gasteiger charge is -2.29. The zero-order valence-corrected chi connectivity index (χ0v) is 7.52. The number of hydrogen-bond acceptors (Lipinski definition) is 2. The van der Waals surface area contributed by atoms with Crippen LogP contribution in [0.1, 0.15) is 13.8 Å². The van der Waals surface area contributed by atoms with Crippen molar-refractivity contribution < 1.29 is 0 Å². The van der Waals surface area contributed by atoms with Gasteiger partial charge in [0.15, 0.2) is 0 Å². The van der Waals surface area contributed by atoms with Crippen LogP contribution in [0, 0.1) is 5.41 Å². The third-order valence-electron chi connectivity index (χ3n) is 2.13. The third kappa shape index (κ3) is 1.63. The minimum Gasteiger partial charge on any atom is -0.315 e. The van der Waals surface area contributed by atoms with E-state index in [1.54, 1.807) is 0 Å². The first kappa shape index (κ1) is 8.34. The van der Waals surface area contributed by atoms with E-state index in [-0.39, 0.29) is 5.41 Å². The van der Waals surface area contributed by atoms with Crippen molar-refractivity contribution in [3.63, 3.8) is 0 Å². The van der Waals surface area contributed by atoms with E-state index in [2.05, 4.69) is 38.0 Å². The van der Waals surface area contributed by atoms with E-state index in [9.17, 15) is 0 Å². The van der Waals surface area contributed by atoms with Crippen molar-refractivity contribution in [3.05, 3.63) is 24.4 Å². The van der Waals surface area contributed by atoms with Gasteiger partial charge in [0.25, 0.3) is 0 Å². The lowest BCUT2D eigenvalue weighted by Crippen LogP contribution is -2.35. The largest absolute Gasteiger partial charge is 0.315 e. The molecule has 62 valence electrons. The molecule has 11 heavy (non-hydrogen) atoms. The van der Waals surface area contributed by atoms with Gasteiger partial charge in [0.05, 0.1) is 0 Å². The molecule has 0 spiro atoms. The van der Waals surface area contributed by atoms with Crippen LogP contribution in [0.3, 0.4) is 0 Å². The van der Waals surface area contributed by atoms with Gasteiger partial charge in [-0.3, -0.25) is 0 Å². The summed E-state index contributed by atoms with van der Waals surface area (Å²) in [6.45, 7) is 9.23. The van der Waals surface area contributed by atoms with Gasteiger partial charge in [-0.1, -0.05) is 32.6 Å². The molecule has 0 unspecified atom stereocenters. The molecule has 1 rings (SSSR count). The second kappa shape index (κ2) is 2.70. The van der Waals surface area contributed by atoms with E-state index in [4.69, 9.17) is 0 Å². The van der Waals surface area contributed by atoms with E-state index in [0.717, 1.165) is 12.2 Å². The van der Waals surface area contributed by atoms with Gasteiger partial charge in [0.1, 0.15) is 0 Å². The highest BCUT2D eigenvalue weighted by molar-refractivity contribution is 5.16. The summed E-state index contributed by atoms with van der Waals surface area (Å²) in [7, 11) is 2.00. The average Bonchev–Trinajstić information content (AvgIpc) is 2.03. The van der Waals surface area contributed by atoms with Crippen molar-refractivity contribution in [2.24, 2.45) is 5.41 Å². The summed E-state index contributed by atoms with van der Waals surface area (Å²) in [6, 6.07) is 0. The fraction of sp³-hybridized carbons (Fsp3) is 0.556. The lowest BCUT2D eigenvalue weighted by molar-refractivity contribution is 0.272. The lowest BCUT2D eigenvalue weighted by atomic mass is 9.89. The Hall–Kier alpha value is -0.760. The van der Waals surface area contributed by atoms with E-state index < -0.39 is 0 Å². The molecule has 0 fully saturated rings. The predicted molar refractivity (Wildman–Crippen MR) is 47.8 cm³/mol. The molecule has 0 aromatic carbocycles. The van der Waals surface area contributed by atoms with Gasteiger partial charge in [0, 0.05) is 24.7 Å². The Balaban J connectivity index is 2.85. The fourth-order valence-electron chi connectivity index (χ4n) is 1.17. The van der Waals surface area contributed by atoms with Crippen LogP contribution in [-0.2, 0) is 0 Å². The molecule has 0 aromatic rings. The van der Waals surface area contributed by atoms with Crippen molar-refractivity contribution in [1.29, 1.82) is 0 Å². The first-order valence-corrected chi connectivity index (χ1v) is 3.88. The average molecular weight is 152 g/mol. The van der Waals surface area contributed by atoms with Crippen LogP contribution < -0.4 is 5.43 Å². The summed E-state index contributed by atoms with van der Waals surface area (Å²) in [6.07, 6.45) is 4.32. The van der Waals surface area contributed by atoms with Gasteiger partial charge >= 0.3 is 0 Å². The fourth-order valence-corrected chi connectivity index (χ4v) is 1.17. The molecule has 0 aliphatic carbocycles.